The summed E-state index contributed by atoms with van der Waals surface area (Å²) in [5.41, 5.74) is 3.10. The maximum Gasteiger partial charge on any atom is 0.277 e. The molecule has 0 radical (unpaired) electrons. The smallest absolute Gasteiger partial charge is 0.277 e. The molecule has 1 heterocycles. The average molecular weight is 395 g/mol. The van der Waals surface area contributed by atoms with Crippen LogP contribution in [0.3, 0.4) is 0 Å². The predicted octanol–water partition coefficient (Wildman–Crippen LogP) is 4.76. The fourth-order valence-electron chi connectivity index (χ4n) is 2.96. The predicted molar refractivity (Wildman–Crippen MR) is 114 cm³/mol. The second-order valence-corrected chi connectivity index (χ2v) is 6.85. The van der Waals surface area contributed by atoms with Crippen molar-refractivity contribution in [3.8, 4) is 0 Å². The summed E-state index contributed by atoms with van der Waals surface area (Å²) < 4.78 is 0. The fourth-order valence-corrected chi connectivity index (χ4v) is 3.17. The molecular formula is C22H23ClN4O. The van der Waals surface area contributed by atoms with Gasteiger partial charge in [-0.25, -0.2) is 9.97 Å². The SMILES string of the molecule is CCN(C(=O)c1cc(C)nc(NCCc2cccc(Cl)c2)n1)c1ccccc1. The summed E-state index contributed by atoms with van der Waals surface area (Å²) >= 11 is 6.02. The van der Waals surface area contributed by atoms with E-state index in [9.17, 15) is 4.79 Å². The molecule has 1 aromatic heterocycles. The van der Waals surface area contributed by atoms with Crippen molar-refractivity contribution in [2.24, 2.45) is 0 Å². The lowest BCUT2D eigenvalue weighted by Crippen LogP contribution is -2.31. The van der Waals surface area contributed by atoms with Crippen molar-refractivity contribution in [3.05, 3.63) is 82.6 Å². The molecule has 3 rings (SSSR count). The number of halogens is 1. The molecule has 0 spiro atoms. The molecule has 0 fully saturated rings. The van der Waals surface area contributed by atoms with Gasteiger partial charge >= 0.3 is 0 Å². The number of hydrogen-bond donors (Lipinski definition) is 1. The van der Waals surface area contributed by atoms with E-state index in [0.717, 1.165) is 28.4 Å². The lowest BCUT2D eigenvalue weighted by Gasteiger charge is -2.21. The van der Waals surface area contributed by atoms with Crippen molar-refractivity contribution in [3.63, 3.8) is 0 Å². The van der Waals surface area contributed by atoms with E-state index in [4.69, 9.17) is 11.6 Å². The molecule has 6 heteroatoms. The number of nitrogens with zero attached hydrogens (tertiary/aromatic N) is 3. The molecule has 0 aliphatic carbocycles. The Kier molecular flexibility index (Phi) is 6.61. The number of benzene rings is 2. The summed E-state index contributed by atoms with van der Waals surface area (Å²) in [7, 11) is 0. The summed E-state index contributed by atoms with van der Waals surface area (Å²) in [6.07, 6.45) is 0.784. The van der Waals surface area contributed by atoms with Crippen molar-refractivity contribution in [1.82, 2.24) is 9.97 Å². The van der Waals surface area contributed by atoms with Crippen LogP contribution in [-0.2, 0) is 6.42 Å². The first-order chi connectivity index (χ1) is 13.6. The normalized spacial score (nSPS) is 10.5. The van der Waals surface area contributed by atoms with Crippen LogP contribution in [0.2, 0.25) is 5.02 Å². The molecule has 144 valence electrons. The number of carbonyl (C=O) groups excluding carboxylic acids is 1. The minimum Gasteiger partial charge on any atom is -0.354 e. The van der Waals surface area contributed by atoms with Crippen molar-refractivity contribution in [2.45, 2.75) is 20.3 Å². The molecule has 2 aromatic carbocycles. The maximum atomic E-state index is 13.0. The van der Waals surface area contributed by atoms with E-state index in [-0.39, 0.29) is 5.91 Å². The Bertz CT molecular complexity index is 946. The first-order valence-electron chi connectivity index (χ1n) is 9.27. The Morgan fingerprint density at radius 3 is 2.57 bits per heavy atom. The van der Waals surface area contributed by atoms with Gasteiger partial charge in [-0.15, -0.1) is 0 Å². The minimum absolute atomic E-state index is 0.142. The Hall–Kier alpha value is -2.92. The largest absolute Gasteiger partial charge is 0.354 e. The van der Waals surface area contributed by atoms with Crippen LogP contribution in [0, 0.1) is 6.92 Å². The van der Waals surface area contributed by atoms with Gasteiger partial charge in [-0.05, 0) is 56.2 Å². The highest BCUT2D eigenvalue weighted by molar-refractivity contribution is 6.30. The van der Waals surface area contributed by atoms with Gasteiger partial charge in [0.15, 0.2) is 0 Å². The fraction of sp³-hybridized carbons (Fsp3) is 0.227. The molecule has 28 heavy (non-hydrogen) atoms. The van der Waals surface area contributed by atoms with Crippen LogP contribution in [0.5, 0.6) is 0 Å². The molecule has 1 N–H and O–H groups in total. The molecule has 0 saturated heterocycles. The zero-order valence-corrected chi connectivity index (χ0v) is 16.8. The van der Waals surface area contributed by atoms with Crippen molar-refractivity contribution in [1.29, 1.82) is 0 Å². The van der Waals surface area contributed by atoms with Gasteiger partial charge in [0, 0.05) is 29.5 Å². The number of aryl methyl sites for hydroxylation is 1. The highest BCUT2D eigenvalue weighted by atomic mass is 35.5. The minimum atomic E-state index is -0.142. The van der Waals surface area contributed by atoms with E-state index in [2.05, 4.69) is 15.3 Å². The third kappa shape index (κ3) is 5.08. The van der Waals surface area contributed by atoms with Crippen LogP contribution in [0.15, 0.2) is 60.7 Å². The number of rotatable bonds is 7. The third-order valence-corrected chi connectivity index (χ3v) is 4.52. The maximum absolute atomic E-state index is 13.0. The number of para-hydroxylation sites is 1. The molecule has 0 aliphatic rings. The zero-order valence-electron chi connectivity index (χ0n) is 16.0. The summed E-state index contributed by atoms with van der Waals surface area (Å²) in [5.74, 6) is 0.312. The second kappa shape index (κ2) is 9.33. The molecule has 5 nitrogen and oxygen atoms in total. The Morgan fingerprint density at radius 2 is 1.86 bits per heavy atom. The van der Waals surface area contributed by atoms with E-state index in [0.29, 0.717) is 24.7 Å². The lowest BCUT2D eigenvalue weighted by atomic mass is 10.1. The highest BCUT2D eigenvalue weighted by Gasteiger charge is 2.18. The molecule has 3 aromatic rings. The Balaban J connectivity index is 1.72. The number of nitrogens with one attached hydrogen (secondary N) is 1. The van der Waals surface area contributed by atoms with Gasteiger partial charge in [0.2, 0.25) is 5.95 Å². The van der Waals surface area contributed by atoms with Gasteiger partial charge in [0.05, 0.1) is 0 Å². The Labute approximate surface area is 170 Å². The lowest BCUT2D eigenvalue weighted by molar-refractivity contribution is 0.0983. The van der Waals surface area contributed by atoms with E-state index >= 15 is 0 Å². The molecule has 1 amide bonds. The van der Waals surface area contributed by atoms with Crippen LogP contribution in [0.4, 0.5) is 11.6 Å². The highest BCUT2D eigenvalue weighted by Crippen LogP contribution is 2.17. The number of amides is 1. The topological polar surface area (TPSA) is 58.1 Å². The van der Waals surface area contributed by atoms with Crippen molar-refractivity contribution in [2.75, 3.05) is 23.3 Å². The summed E-state index contributed by atoms with van der Waals surface area (Å²) in [5, 5.41) is 3.93. The van der Waals surface area contributed by atoms with Crippen molar-refractivity contribution >= 4 is 29.1 Å². The molecular weight excluding hydrogens is 372 g/mol. The van der Waals surface area contributed by atoms with E-state index < -0.39 is 0 Å². The number of hydrogen-bond acceptors (Lipinski definition) is 4. The molecule has 0 bridgehead atoms. The first kappa shape index (κ1) is 19.8. The van der Waals surface area contributed by atoms with E-state index in [1.54, 1.807) is 11.0 Å². The van der Waals surface area contributed by atoms with Crippen LogP contribution in [-0.4, -0.2) is 29.0 Å². The van der Waals surface area contributed by atoms with E-state index in [1.807, 2.05) is 68.4 Å². The van der Waals surface area contributed by atoms with Crippen LogP contribution in [0.1, 0.15) is 28.7 Å². The van der Waals surface area contributed by atoms with Crippen LogP contribution in [0.25, 0.3) is 0 Å². The summed E-state index contributed by atoms with van der Waals surface area (Å²) in [4.78, 5) is 23.6. The van der Waals surface area contributed by atoms with Gasteiger partial charge in [0.25, 0.3) is 5.91 Å². The zero-order chi connectivity index (χ0) is 19.9. The van der Waals surface area contributed by atoms with Gasteiger partial charge in [-0.1, -0.05) is 41.9 Å². The monoisotopic (exact) mass is 394 g/mol. The van der Waals surface area contributed by atoms with E-state index in [1.165, 1.54) is 0 Å². The molecule has 0 atom stereocenters. The van der Waals surface area contributed by atoms with Gasteiger partial charge < -0.3 is 10.2 Å². The van der Waals surface area contributed by atoms with Gasteiger partial charge in [-0.2, -0.15) is 0 Å². The van der Waals surface area contributed by atoms with Crippen molar-refractivity contribution < 1.29 is 4.79 Å². The second-order valence-electron chi connectivity index (χ2n) is 6.41. The standard InChI is InChI=1S/C22H23ClN4O/c1-3-27(19-10-5-4-6-11-19)21(28)20-14-16(2)25-22(26-20)24-13-12-17-8-7-9-18(23)15-17/h4-11,14-15H,3,12-13H2,1-2H3,(H,24,25,26). The molecule has 0 aliphatic heterocycles. The van der Waals surface area contributed by atoms with Crippen LogP contribution < -0.4 is 10.2 Å². The number of carbonyl (C=O) groups is 1. The molecule has 0 saturated carbocycles. The summed E-state index contributed by atoms with van der Waals surface area (Å²) in [6.45, 7) is 5.01. The Morgan fingerprint density at radius 1 is 1.07 bits per heavy atom. The summed E-state index contributed by atoms with van der Waals surface area (Å²) in [6, 6.07) is 19.1. The van der Waals surface area contributed by atoms with Crippen LogP contribution >= 0.6 is 11.6 Å². The third-order valence-electron chi connectivity index (χ3n) is 4.29. The van der Waals surface area contributed by atoms with Gasteiger partial charge in [-0.3, -0.25) is 4.79 Å². The quantitative estimate of drug-likeness (QED) is 0.627. The first-order valence-corrected chi connectivity index (χ1v) is 9.65. The average Bonchev–Trinajstić information content (AvgIpc) is 2.69. The number of anilines is 2. The molecule has 0 unspecified atom stereocenters. The van der Waals surface area contributed by atoms with Gasteiger partial charge in [0.1, 0.15) is 5.69 Å². The number of aromatic nitrogens is 2.